The number of hydrogen-bond donors (Lipinski definition) is 5. The second kappa shape index (κ2) is 10.5. The summed E-state index contributed by atoms with van der Waals surface area (Å²) in [6, 6.07) is 27.4. The van der Waals surface area contributed by atoms with Crippen molar-refractivity contribution in [2.45, 2.75) is 13.8 Å². The van der Waals surface area contributed by atoms with Crippen molar-refractivity contribution in [1.82, 2.24) is 5.32 Å². The number of carbonyl (C=O) groups excluding carboxylic acids is 3. The molecule has 0 aliphatic carbocycles. The van der Waals surface area contributed by atoms with Crippen LogP contribution in [0.2, 0.25) is 0 Å². The first kappa shape index (κ1) is 28.8. The maximum atomic E-state index is 14.6. The number of aryl methyl sites for hydroxylation is 2. The van der Waals surface area contributed by atoms with E-state index in [0.29, 0.717) is 32.9 Å². The number of aromatic carboxylic acids is 1. The minimum absolute atomic E-state index is 0.0705. The van der Waals surface area contributed by atoms with Crippen LogP contribution in [0, 0.1) is 19.3 Å². The van der Waals surface area contributed by atoms with E-state index < -0.39 is 23.7 Å². The highest BCUT2D eigenvalue weighted by atomic mass is 16.4. The van der Waals surface area contributed by atoms with Gasteiger partial charge in [-0.15, -0.1) is 0 Å². The first-order chi connectivity index (χ1) is 23.1. The molecule has 1 aliphatic rings. The Balaban J connectivity index is 1.59. The van der Waals surface area contributed by atoms with Crippen LogP contribution in [0.25, 0.3) is 43.1 Å². The van der Waals surface area contributed by atoms with Crippen LogP contribution in [0.15, 0.2) is 91.0 Å². The summed E-state index contributed by atoms with van der Waals surface area (Å²) in [5.74, 6) is -3.93. The Morgan fingerprint density at radius 3 is 1.85 bits per heavy atom. The predicted octanol–water partition coefficient (Wildman–Crippen LogP) is 7.63. The van der Waals surface area contributed by atoms with Gasteiger partial charge in [-0.05, 0) is 76.5 Å². The van der Waals surface area contributed by atoms with E-state index in [0.717, 1.165) is 27.3 Å². The average molecular weight is 631 g/mol. The van der Waals surface area contributed by atoms with Crippen LogP contribution in [0.4, 0.5) is 11.4 Å². The molecule has 9 heteroatoms. The number of carboxylic acids is 1. The lowest BCUT2D eigenvalue weighted by Gasteiger charge is -2.27. The summed E-state index contributed by atoms with van der Waals surface area (Å²) in [6.07, 6.45) is 0. The molecule has 0 aromatic heterocycles. The Kier molecular flexibility index (Phi) is 6.29. The Labute approximate surface area is 273 Å². The van der Waals surface area contributed by atoms with Gasteiger partial charge in [-0.2, -0.15) is 0 Å². The SMILES string of the molecule is Cc1ccc(NC(=N)c2c(C(=O)Nc3ccc(C)cc3)c3c4c(c(C(=O)O)cc5c6cccc7cccc(c2c45)c76)C(=O)NC3=O)cc1. The lowest BCUT2D eigenvalue weighted by atomic mass is 9.78. The quantitative estimate of drug-likeness (QED) is 0.0434. The van der Waals surface area contributed by atoms with Crippen molar-refractivity contribution in [3.63, 3.8) is 0 Å². The third-order valence-corrected chi connectivity index (χ3v) is 9.06. The highest BCUT2D eigenvalue weighted by Gasteiger charge is 2.38. The van der Waals surface area contributed by atoms with Gasteiger partial charge in [0, 0.05) is 27.7 Å². The fourth-order valence-electron chi connectivity index (χ4n) is 6.96. The van der Waals surface area contributed by atoms with Gasteiger partial charge in [-0.3, -0.25) is 25.1 Å². The van der Waals surface area contributed by atoms with Crippen LogP contribution < -0.4 is 16.0 Å². The lowest BCUT2D eigenvalue weighted by Crippen LogP contribution is -2.38. The maximum absolute atomic E-state index is 14.6. The van der Waals surface area contributed by atoms with Crippen LogP contribution in [0.3, 0.4) is 0 Å². The fourth-order valence-corrected chi connectivity index (χ4v) is 6.96. The zero-order valence-electron chi connectivity index (χ0n) is 25.7. The van der Waals surface area contributed by atoms with E-state index in [2.05, 4.69) is 16.0 Å². The minimum atomic E-state index is -1.35. The number of benzene rings is 7. The fraction of sp³-hybridized carbons (Fsp3) is 0.0513. The first-order valence-electron chi connectivity index (χ1n) is 15.2. The molecule has 3 amide bonds. The van der Waals surface area contributed by atoms with E-state index >= 15 is 0 Å². The highest BCUT2D eigenvalue weighted by Crippen LogP contribution is 2.47. The molecule has 0 atom stereocenters. The van der Waals surface area contributed by atoms with Crippen LogP contribution >= 0.6 is 0 Å². The number of imide groups is 1. The van der Waals surface area contributed by atoms with Crippen molar-refractivity contribution in [3.8, 4) is 0 Å². The smallest absolute Gasteiger partial charge is 0.336 e. The van der Waals surface area contributed by atoms with Crippen molar-refractivity contribution in [2.75, 3.05) is 10.6 Å². The zero-order chi connectivity index (χ0) is 33.4. The molecule has 0 fully saturated rings. The second-order valence-corrected chi connectivity index (χ2v) is 12.1. The van der Waals surface area contributed by atoms with Crippen LogP contribution in [-0.2, 0) is 0 Å². The largest absolute Gasteiger partial charge is 0.478 e. The van der Waals surface area contributed by atoms with E-state index in [-0.39, 0.29) is 39.0 Å². The molecule has 48 heavy (non-hydrogen) atoms. The molecule has 9 nitrogen and oxygen atoms in total. The number of amides is 3. The molecule has 0 saturated carbocycles. The summed E-state index contributed by atoms with van der Waals surface area (Å²) in [5.41, 5.74) is 2.35. The van der Waals surface area contributed by atoms with E-state index in [1.165, 1.54) is 6.07 Å². The number of anilines is 2. The van der Waals surface area contributed by atoms with Gasteiger partial charge >= 0.3 is 5.97 Å². The first-order valence-corrected chi connectivity index (χ1v) is 15.2. The number of rotatable bonds is 5. The molecule has 1 heterocycles. The number of carbonyl (C=O) groups is 4. The number of carboxylic acid groups (broad SMARTS) is 1. The van der Waals surface area contributed by atoms with Crippen molar-refractivity contribution in [3.05, 3.63) is 130 Å². The van der Waals surface area contributed by atoms with E-state index in [9.17, 15) is 29.7 Å². The number of fused-ring (bicyclic) bond motifs is 2. The third kappa shape index (κ3) is 4.21. The lowest BCUT2D eigenvalue weighted by molar-refractivity contribution is 0.0687. The Morgan fingerprint density at radius 2 is 1.23 bits per heavy atom. The van der Waals surface area contributed by atoms with Crippen LogP contribution in [-0.4, -0.2) is 34.6 Å². The van der Waals surface area contributed by atoms with Gasteiger partial charge in [0.05, 0.1) is 22.3 Å². The van der Waals surface area contributed by atoms with E-state index in [4.69, 9.17) is 0 Å². The minimum Gasteiger partial charge on any atom is -0.478 e. The predicted molar refractivity (Wildman–Crippen MR) is 187 cm³/mol. The van der Waals surface area contributed by atoms with Gasteiger partial charge in [0.25, 0.3) is 17.7 Å². The van der Waals surface area contributed by atoms with Gasteiger partial charge in [-0.25, -0.2) is 4.79 Å². The normalized spacial score (nSPS) is 12.5. The standard InChI is InChI=1S/C39H26N4O5/c1-18-9-13-21(14-10-18)41-35(40)32-28-24-8-4-6-20-5-3-7-23(27(20)24)25-17-26(39(47)48)30-31(29(25)28)33(38(46)43-36(30)44)34(32)37(45)42-22-15-11-19(2)12-16-22/h3-17H,1-2H3,(H2,40,41)(H,42,45)(H,47,48)(H,43,44,46). The van der Waals surface area contributed by atoms with Gasteiger partial charge in [0.15, 0.2) is 0 Å². The Bertz CT molecular complexity index is 2580. The number of hydrogen-bond acceptors (Lipinski definition) is 5. The van der Waals surface area contributed by atoms with Crippen molar-refractivity contribution in [2.24, 2.45) is 0 Å². The summed E-state index contributed by atoms with van der Waals surface area (Å²) in [4.78, 5) is 54.8. The Morgan fingerprint density at radius 1 is 0.646 bits per heavy atom. The summed E-state index contributed by atoms with van der Waals surface area (Å²) in [6.45, 7) is 3.86. The van der Waals surface area contributed by atoms with E-state index in [1.807, 2.05) is 86.6 Å². The number of amidine groups is 1. The van der Waals surface area contributed by atoms with Crippen molar-refractivity contribution in [1.29, 1.82) is 5.41 Å². The van der Waals surface area contributed by atoms with Gasteiger partial charge in [0.2, 0.25) is 0 Å². The monoisotopic (exact) mass is 630 g/mol. The molecule has 5 N–H and O–H groups in total. The summed E-state index contributed by atoms with van der Waals surface area (Å²) < 4.78 is 0. The number of nitrogens with one attached hydrogen (secondary N) is 4. The third-order valence-electron chi connectivity index (χ3n) is 9.06. The summed E-state index contributed by atoms with van der Waals surface area (Å²) in [7, 11) is 0. The highest BCUT2D eigenvalue weighted by molar-refractivity contribution is 6.45. The van der Waals surface area contributed by atoms with Crippen molar-refractivity contribution < 1.29 is 24.3 Å². The van der Waals surface area contributed by atoms with Crippen molar-refractivity contribution >= 4 is 84.0 Å². The molecule has 0 saturated heterocycles. The molecule has 0 bridgehead atoms. The molecule has 1 aliphatic heterocycles. The van der Waals surface area contributed by atoms with E-state index in [1.54, 1.807) is 12.1 Å². The van der Waals surface area contributed by atoms with Gasteiger partial charge < -0.3 is 15.7 Å². The zero-order valence-corrected chi connectivity index (χ0v) is 25.7. The average Bonchev–Trinajstić information content (AvgIpc) is 3.07. The van der Waals surface area contributed by atoms with Crippen LogP contribution in [0.5, 0.6) is 0 Å². The maximum Gasteiger partial charge on any atom is 0.336 e. The molecule has 0 spiro atoms. The second-order valence-electron chi connectivity index (χ2n) is 12.1. The van der Waals surface area contributed by atoms with Gasteiger partial charge in [0.1, 0.15) is 5.84 Å². The van der Waals surface area contributed by atoms with Crippen LogP contribution in [0.1, 0.15) is 58.1 Å². The molecule has 7 aromatic carbocycles. The topological polar surface area (TPSA) is 148 Å². The summed E-state index contributed by atoms with van der Waals surface area (Å²) in [5, 5.41) is 32.7. The molecule has 232 valence electrons. The molecule has 8 rings (SSSR count). The van der Waals surface area contributed by atoms with Gasteiger partial charge in [-0.1, -0.05) is 71.8 Å². The molecule has 0 unspecified atom stereocenters. The molecular weight excluding hydrogens is 604 g/mol. The summed E-state index contributed by atoms with van der Waals surface area (Å²) >= 11 is 0. The molecule has 0 radical (unpaired) electrons. The Hall–Kier alpha value is -6.61. The molecule has 7 aromatic rings. The molecular formula is C39H26N4O5.